The fraction of sp³-hybridized carbons (Fsp3) is 0.370. The lowest BCUT2D eigenvalue weighted by Crippen LogP contribution is -2.31. The monoisotopic (exact) mass is 741 g/mol. The van der Waals surface area contributed by atoms with Gasteiger partial charge in [0.05, 0.1) is 10.8 Å². The van der Waals surface area contributed by atoms with Crippen molar-refractivity contribution in [1.82, 2.24) is 0 Å². The Morgan fingerprint density at radius 3 is 1.04 bits per heavy atom. The molecule has 0 N–H and O–H groups in total. The Bertz CT molecular complexity index is 2240. The summed E-state index contributed by atoms with van der Waals surface area (Å²) in [4.78, 5) is 0. The zero-order valence-corrected chi connectivity index (χ0v) is 35.8. The molecule has 0 aliphatic carbocycles. The minimum atomic E-state index is 0.0272. The molecule has 56 heavy (non-hydrogen) atoms. The molecule has 0 radical (unpaired) electrons. The van der Waals surface area contributed by atoms with Crippen molar-refractivity contribution < 1.29 is 9.15 Å². The van der Waals surface area contributed by atoms with Gasteiger partial charge in [-0.15, -0.1) is 0 Å². The molecule has 0 aromatic heterocycles. The van der Waals surface area contributed by atoms with Crippen LogP contribution in [0.3, 0.4) is 0 Å². The van der Waals surface area contributed by atoms with E-state index in [-0.39, 0.29) is 21.9 Å². The van der Waals surface area contributed by atoms with Crippen molar-refractivity contribution in [3.05, 3.63) is 155 Å². The number of hydrogen-bond acceptors (Lipinski definition) is 0. The van der Waals surface area contributed by atoms with Crippen LogP contribution >= 0.6 is 0 Å². The van der Waals surface area contributed by atoms with E-state index in [1.54, 1.807) is 0 Å². The average Bonchev–Trinajstić information content (AvgIpc) is 3.62. The number of fused-ring (bicyclic) bond motifs is 2. The summed E-state index contributed by atoms with van der Waals surface area (Å²) >= 11 is 0. The van der Waals surface area contributed by atoms with Crippen LogP contribution in [0.5, 0.6) is 0 Å². The molecule has 2 heterocycles. The number of hydrogen-bond donors (Lipinski definition) is 0. The van der Waals surface area contributed by atoms with E-state index in [4.69, 9.17) is 0 Å². The second-order valence-electron chi connectivity index (χ2n) is 18.2. The number of para-hydroxylation sites is 2. The molecular weight excluding hydrogens is 677 g/mol. The van der Waals surface area contributed by atoms with E-state index >= 15 is 0 Å². The molecule has 6 aromatic rings. The van der Waals surface area contributed by atoms with Crippen molar-refractivity contribution in [2.75, 3.05) is 0 Å². The highest BCUT2D eigenvalue weighted by Crippen LogP contribution is 2.45. The topological polar surface area (TPSA) is 6.02 Å². The van der Waals surface area contributed by atoms with E-state index < -0.39 is 0 Å². The summed E-state index contributed by atoms with van der Waals surface area (Å²) in [6.07, 6.45) is 11.5. The van der Waals surface area contributed by atoms with Gasteiger partial charge in [0.15, 0.2) is 23.5 Å². The third-order valence-corrected chi connectivity index (χ3v) is 13.0. The molecule has 0 saturated heterocycles. The molecule has 6 aromatic carbocycles. The van der Waals surface area contributed by atoms with Crippen LogP contribution in [0.1, 0.15) is 115 Å². The van der Waals surface area contributed by atoms with Gasteiger partial charge in [-0.25, -0.2) is 0 Å². The van der Waals surface area contributed by atoms with Gasteiger partial charge in [-0.1, -0.05) is 149 Å². The molecule has 0 fully saturated rings. The van der Waals surface area contributed by atoms with Gasteiger partial charge in [0.2, 0.25) is 11.4 Å². The first-order valence-corrected chi connectivity index (χ1v) is 21.3. The third kappa shape index (κ3) is 7.29. The van der Waals surface area contributed by atoms with Crippen molar-refractivity contribution in [2.45, 2.75) is 130 Å². The minimum Gasteiger partial charge on any atom is -0.197 e. The van der Waals surface area contributed by atoms with Gasteiger partial charge in [-0.2, -0.15) is 9.15 Å². The van der Waals surface area contributed by atoms with Gasteiger partial charge in [-0.05, 0) is 72.2 Å². The molecule has 2 atom stereocenters. The Labute approximate surface area is 337 Å². The number of rotatable bonds is 8. The standard InChI is InChI=1S/2C27H32N/c2*1-6-20-13-10-14-21(7-2)25(20)28-19-27(5,18-26(28,3)4)24-16-15-22-11-8-9-12-23(22)17-24/h2*8-17,19H,6-7,18H2,1-5H3/q2*+1/t2*27-/m10/s1. The lowest BCUT2D eigenvalue weighted by molar-refractivity contribution is -0.513. The van der Waals surface area contributed by atoms with Crippen LogP contribution in [0, 0.1) is 0 Å². The zero-order valence-electron chi connectivity index (χ0n) is 35.8. The van der Waals surface area contributed by atoms with E-state index in [1.165, 1.54) is 66.3 Å². The van der Waals surface area contributed by atoms with Crippen LogP contribution in [0.15, 0.2) is 121 Å². The Morgan fingerprint density at radius 2 is 0.714 bits per heavy atom. The predicted octanol–water partition coefficient (Wildman–Crippen LogP) is 13.6. The highest BCUT2D eigenvalue weighted by molar-refractivity contribution is 5.86. The largest absolute Gasteiger partial charge is 0.211 e. The van der Waals surface area contributed by atoms with Crippen molar-refractivity contribution in [2.24, 2.45) is 0 Å². The molecular formula is C54H64N2+2. The second kappa shape index (κ2) is 15.3. The zero-order chi connectivity index (χ0) is 39.9. The highest BCUT2D eigenvalue weighted by atomic mass is 15.1. The Morgan fingerprint density at radius 1 is 0.393 bits per heavy atom. The van der Waals surface area contributed by atoms with E-state index in [2.05, 4.69) is 212 Å². The van der Waals surface area contributed by atoms with Gasteiger partial charge in [0.1, 0.15) is 0 Å². The lowest BCUT2D eigenvalue weighted by Gasteiger charge is -2.23. The first kappa shape index (κ1) is 39.4. The summed E-state index contributed by atoms with van der Waals surface area (Å²) in [6, 6.07) is 44.9. The van der Waals surface area contributed by atoms with Crippen molar-refractivity contribution in [3.63, 3.8) is 0 Å². The fourth-order valence-corrected chi connectivity index (χ4v) is 10.2. The molecule has 0 saturated carbocycles. The lowest BCUT2D eigenvalue weighted by atomic mass is 9.77. The average molecular weight is 741 g/mol. The van der Waals surface area contributed by atoms with Gasteiger partial charge in [0, 0.05) is 62.8 Å². The van der Waals surface area contributed by atoms with Crippen molar-refractivity contribution in [1.29, 1.82) is 0 Å². The first-order chi connectivity index (χ1) is 26.8. The van der Waals surface area contributed by atoms with E-state index in [1.807, 2.05) is 0 Å². The molecule has 0 amide bonds. The molecule has 8 rings (SSSR count). The Hall–Kier alpha value is -4.82. The van der Waals surface area contributed by atoms with E-state index in [9.17, 15) is 0 Å². The van der Waals surface area contributed by atoms with Crippen LogP contribution in [0.25, 0.3) is 21.5 Å². The molecule has 2 nitrogen and oxygen atoms in total. The van der Waals surface area contributed by atoms with Crippen LogP contribution in [0.2, 0.25) is 0 Å². The van der Waals surface area contributed by atoms with Crippen LogP contribution in [-0.2, 0) is 36.5 Å². The third-order valence-electron chi connectivity index (χ3n) is 13.0. The highest BCUT2D eigenvalue weighted by Gasteiger charge is 2.51. The summed E-state index contributed by atoms with van der Waals surface area (Å²) in [6.45, 7) is 23.4. The second-order valence-corrected chi connectivity index (χ2v) is 18.2. The maximum atomic E-state index is 2.58. The molecule has 0 bridgehead atoms. The van der Waals surface area contributed by atoms with Gasteiger partial charge in [-0.3, -0.25) is 0 Å². The number of nitrogens with zero attached hydrogens (tertiary/aromatic N) is 2. The summed E-state index contributed by atoms with van der Waals surface area (Å²) in [7, 11) is 0. The van der Waals surface area contributed by atoms with Crippen LogP contribution < -0.4 is 0 Å². The summed E-state index contributed by atoms with van der Waals surface area (Å²) in [5.74, 6) is 0. The smallest absolute Gasteiger partial charge is 0.197 e. The molecule has 2 aliphatic heterocycles. The molecule has 2 aliphatic rings. The van der Waals surface area contributed by atoms with E-state index in [0.717, 1.165) is 38.5 Å². The molecule has 0 spiro atoms. The molecule has 0 unspecified atom stereocenters. The Balaban J connectivity index is 0.000000172. The minimum absolute atomic E-state index is 0.0272. The van der Waals surface area contributed by atoms with Gasteiger partial charge in [0.25, 0.3) is 0 Å². The normalized spacial score (nSPS) is 21.1. The molecule has 288 valence electrons. The van der Waals surface area contributed by atoms with Crippen molar-refractivity contribution in [3.8, 4) is 0 Å². The maximum Gasteiger partial charge on any atom is 0.211 e. The van der Waals surface area contributed by atoms with Crippen LogP contribution in [-0.4, -0.2) is 32.7 Å². The van der Waals surface area contributed by atoms with Gasteiger partial charge < -0.3 is 0 Å². The number of benzene rings is 6. The predicted molar refractivity (Wildman–Crippen MR) is 242 cm³/mol. The van der Waals surface area contributed by atoms with Crippen LogP contribution in [0.4, 0.5) is 11.4 Å². The summed E-state index contributed by atoms with van der Waals surface area (Å²) in [5, 5.41) is 5.28. The quantitative estimate of drug-likeness (QED) is 0.137. The van der Waals surface area contributed by atoms with Crippen molar-refractivity contribution >= 4 is 45.3 Å². The Kier molecular flexibility index (Phi) is 10.7. The summed E-state index contributed by atoms with van der Waals surface area (Å²) in [5.41, 5.74) is 11.7. The fourth-order valence-electron chi connectivity index (χ4n) is 10.2. The SMILES string of the molecule is CCc1cccc(CC)c1[N+]1=C[C@@](C)(c2ccc3ccccc3c2)CC1(C)C.CCc1cccc(CC)c1[N+]1=C[C@](C)(c2ccc3ccccc3c2)CC1(C)C. The summed E-state index contributed by atoms with van der Waals surface area (Å²) < 4.78 is 5.17. The maximum absolute atomic E-state index is 2.58. The molecule has 2 heteroatoms. The van der Waals surface area contributed by atoms with Gasteiger partial charge >= 0.3 is 0 Å². The van der Waals surface area contributed by atoms with E-state index in [0.29, 0.717) is 0 Å². The number of aryl methyl sites for hydroxylation is 4. The first-order valence-electron chi connectivity index (χ1n) is 21.3.